The molecule has 1 aliphatic rings. The number of likely N-dealkylation sites (tertiary alicyclic amines) is 1. The molecule has 6 heteroatoms. The van der Waals surface area contributed by atoms with E-state index in [9.17, 15) is 18.3 Å². The van der Waals surface area contributed by atoms with Crippen molar-refractivity contribution in [2.75, 3.05) is 19.6 Å². The Morgan fingerprint density at radius 1 is 1.24 bits per heavy atom. The fourth-order valence-corrected chi connectivity index (χ4v) is 2.91. The van der Waals surface area contributed by atoms with Gasteiger partial charge < -0.3 is 9.67 Å². The van der Waals surface area contributed by atoms with Crippen molar-refractivity contribution in [2.24, 2.45) is 0 Å². The van der Waals surface area contributed by atoms with Crippen LogP contribution < -0.4 is 0 Å². The summed E-state index contributed by atoms with van der Waals surface area (Å²) in [6.07, 6.45) is 2.34. The van der Waals surface area contributed by atoms with Crippen LogP contribution in [0.2, 0.25) is 0 Å². The smallest absolute Gasteiger partial charge is 0.195 e. The standard InChI is InChI=1S/C15H17F3N2O/c1-15(21)3-5-19(9-15)6-7-20-4-2-10-12(20)8-11(16)14(18)13(10)17/h2,4,8,21H,3,5-7,9H2,1H3. The Bertz CT molecular complexity index is 681. The lowest BCUT2D eigenvalue weighted by Gasteiger charge is -2.19. The lowest BCUT2D eigenvalue weighted by atomic mass is 10.1. The molecule has 21 heavy (non-hydrogen) atoms. The van der Waals surface area contributed by atoms with Crippen molar-refractivity contribution >= 4 is 10.9 Å². The van der Waals surface area contributed by atoms with E-state index in [1.165, 1.54) is 6.07 Å². The van der Waals surface area contributed by atoms with E-state index in [1.54, 1.807) is 17.7 Å². The zero-order valence-corrected chi connectivity index (χ0v) is 11.7. The molecule has 3 nitrogen and oxygen atoms in total. The van der Waals surface area contributed by atoms with Crippen LogP contribution in [0.1, 0.15) is 13.3 Å². The molecule has 1 aromatic heterocycles. The number of hydrogen-bond acceptors (Lipinski definition) is 2. The summed E-state index contributed by atoms with van der Waals surface area (Å²) in [4.78, 5) is 2.10. The number of halogens is 3. The first kappa shape index (κ1) is 14.4. The predicted octanol–water partition coefficient (Wildman–Crippen LogP) is 2.52. The first-order valence-corrected chi connectivity index (χ1v) is 6.94. The van der Waals surface area contributed by atoms with Crippen LogP contribution in [-0.2, 0) is 6.54 Å². The molecule has 114 valence electrons. The summed E-state index contributed by atoms with van der Waals surface area (Å²) in [5, 5.41) is 9.99. The summed E-state index contributed by atoms with van der Waals surface area (Å²) in [7, 11) is 0. The van der Waals surface area contributed by atoms with E-state index >= 15 is 0 Å². The average molecular weight is 298 g/mol. The van der Waals surface area contributed by atoms with Gasteiger partial charge in [0.2, 0.25) is 0 Å². The van der Waals surface area contributed by atoms with Crippen LogP contribution in [0.15, 0.2) is 18.3 Å². The molecule has 0 spiro atoms. The van der Waals surface area contributed by atoms with Crippen molar-refractivity contribution in [2.45, 2.75) is 25.5 Å². The molecule has 1 aliphatic heterocycles. The van der Waals surface area contributed by atoms with Crippen molar-refractivity contribution in [1.82, 2.24) is 9.47 Å². The molecule has 1 atom stereocenters. The number of hydrogen-bond donors (Lipinski definition) is 1. The molecule has 1 unspecified atom stereocenters. The minimum Gasteiger partial charge on any atom is -0.389 e. The highest BCUT2D eigenvalue weighted by Crippen LogP contribution is 2.25. The zero-order chi connectivity index (χ0) is 15.2. The van der Waals surface area contributed by atoms with Crippen LogP contribution in [0.25, 0.3) is 10.9 Å². The number of nitrogens with zero attached hydrogens (tertiary/aromatic N) is 2. The minimum atomic E-state index is -1.43. The Morgan fingerprint density at radius 3 is 2.67 bits per heavy atom. The summed E-state index contributed by atoms with van der Waals surface area (Å²) in [6, 6.07) is 2.47. The normalized spacial score (nSPS) is 23.3. The van der Waals surface area contributed by atoms with Crippen molar-refractivity contribution in [3.05, 3.63) is 35.8 Å². The predicted molar refractivity (Wildman–Crippen MR) is 73.5 cm³/mol. The lowest BCUT2D eigenvalue weighted by Crippen LogP contribution is -2.31. The van der Waals surface area contributed by atoms with Crippen molar-refractivity contribution in [3.63, 3.8) is 0 Å². The largest absolute Gasteiger partial charge is 0.389 e. The molecule has 1 aromatic carbocycles. The second-order valence-corrected chi connectivity index (χ2v) is 5.95. The van der Waals surface area contributed by atoms with Gasteiger partial charge in [0.05, 0.1) is 11.1 Å². The first-order chi connectivity index (χ1) is 9.87. The zero-order valence-electron chi connectivity index (χ0n) is 11.7. The van der Waals surface area contributed by atoms with E-state index in [4.69, 9.17) is 0 Å². The fourth-order valence-electron chi connectivity index (χ4n) is 2.91. The highest BCUT2D eigenvalue weighted by Gasteiger charge is 2.30. The Kier molecular flexibility index (Phi) is 3.45. The van der Waals surface area contributed by atoms with E-state index in [2.05, 4.69) is 4.90 Å². The number of aliphatic hydroxyl groups is 1. The molecule has 0 radical (unpaired) electrons. The molecule has 3 rings (SSSR count). The van der Waals surface area contributed by atoms with Crippen LogP contribution in [0.4, 0.5) is 13.2 Å². The van der Waals surface area contributed by atoms with Crippen LogP contribution in [0.3, 0.4) is 0 Å². The monoisotopic (exact) mass is 298 g/mol. The second kappa shape index (κ2) is 5.03. The lowest BCUT2D eigenvalue weighted by molar-refractivity contribution is 0.0684. The van der Waals surface area contributed by atoms with Gasteiger partial charge in [-0.3, -0.25) is 4.90 Å². The van der Waals surface area contributed by atoms with Crippen LogP contribution in [0.5, 0.6) is 0 Å². The van der Waals surface area contributed by atoms with Gasteiger partial charge in [-0.25, -0.2) is 13.2 Å². The third-order valence-corrected chi connectivity index (χ3v) is 4.10. The van der Waals surface area contributed by atoms with Crippen molar-refractivity contribution < 1.29 is 18.3 Å². The molecule has 1 fully saturated rings. The Balaban J connectivity index is 1.79. The van der Waals surface area contributed by atoms with Gasteiger partial charge in [-0.05, 0) is 19.4 Å². The Morgan fingerprint density at radius 2 is 2.00 bits per heavy atom. The number of rotatable bonds is 3. The maximum absolute atomic E-state index is 13.6. The summed E-state index contributed by atoms with van der Waals surface area (Å²) in [5.41, 5.74) is -0.322. The fraction of sp³-hybridized carbons (Fsp3) is 0.467. The highest BCUT2D eigenvalue weighted by atomic mass is 19.2. The molecule has 0 aliphatic carbocycles. The highest BCUT2D eigenvalue weighted by molar-refractivity contribution is 5.81. The first-order valence-electron chi connectivity index (χ1n) is 6.94. The number of aromatic nitrogens is 1. The minimum absolute atomic E-state index is 0.0855. The van der Waals surface area contributed by atoms with Gasteiger partial charge in [0.25, 0.3) is 0 Å². The molecule has 0 amide bonds. The van der Waals surface area contributed by atoms with Crippen molar-refractivity contribution in [3.8, 4) is 0 Å². The summed E-state index contributed by atoms with van der Waals surface area (Å²) in [6.45, 7) is 4.38. The molecular weight excluding hydrogens is 281 g/mol. The summed E-state index contributed by atoms with van der Waals surface area (Å²) >= 11 is 0. The van der Waals surface area contributed by atoms with E-state index in [-0.39, 0.29) is 5.39 Å². The van der Waals surface area contributed by atoms with Gasteiger partial charge in [-0.15, -0.1) is 0 Å². The number of fused-ring (bicyclic) bond motifs is 1. The molecule has 1 N–H and O–H groups in total. The number of β-amino-alcohol motifs (C(OH)–C–C–N with tert-alkyl or cyclic N) is 1. The van der Waals surface area contributed by atoms with Gasteiger partial charge in [0.1, 0.15) is 0 Å². The average Bonchev–Trinajstić information content (AvgIpc) is 2.97. The summed E-state index contributed by atoms with van der Waals surface area (Å²) in [5.74, 6) is -3.76. The topological polar surface area (TPSA) is 28.4 Å². The Hall–Kier alpha value is -1.53. The maximum Gasteiger partial charge on any atom is 0.195 e. The quantitative estimate of drug-likeness (QED) is 0.882. The SMILES string of the molecule is CC1(O)CCN(CCn2ccc3c(F)c(F)c(F)cc32)C1. The van der Waals surface area contributed by atoms with E-state index in [0.717, 1.165) is 12.6 Å². The van der Waals surface area contributed by atoms with Crippen LogP contribution >= 0.6 is 0 Å². The molecule has 0 bridgehead atoms. The maximum atomic E-state index is 13.6. The molecule has 0 saturated carbocycles. The van der Waals surface area contributed by atoms with Gasteiger partial charge >= 0.3 is 0 Å². The Labute approximate surface area is 120 Å². The second-order valence-electron chi connectivity index (χ2n) is 5.95. The molecule has 1 saturated heterocycles. The van der Waals surface area contributed by atoms with Gasteiger partial charge in [-0.1, -0.05) is 0 Å². The third kappa shape index (κ3) is 2.65. The van der Waals surface area contributed by atoms with E-state index in [0.29, 0.717) is 31.6 Å². The van der Waals surface area contributed by atoms with Crippen LogP contribution in [-0.4, -0.2) is 39.8 Å². The van der Waals surface area contributed by atoms with E-state index < -0.39 is 23.1 Å². The third-order valence-electron chi connectivity index (χ3n) is 4.10. The van der Waals surface area contributed by atoms with Crippen LogP contribution in [0, 0.1) is 17.5 Å². The van der Waals surface area contributed by atoms with Gasteiger partial charge in [0.15, 0.2) is 17.5 Å². The molecule has 2 heterocycles. The molecule has 2 aromatic rings. The van der Waals surface area contributed by atoms with E-state index in [1.807, 2.05) is 0 Å². The van der Waals surface area contributed by atoms with Gasteiger partial charge in [0, 0.05) is 43.8 Å². The van der Waals surface area contributed by atoms with Crippen molar-refractivity contribution in [1.29, 1.82) is 0 Å². The number of benzene rings is 1. The summed E-state index contributed by atoms with van der Waals surface area (Å²) < 4.78 is 41.9. The van der Waals surface area contributed by atoms with Gasteiger partial charge in [-0.2, -0.15) is 0 Å². The molecular formula is C15H17F3N2O.